The summed E-state index contributed by atoms with van der Waals surface area (Å²) >= 11 is 6.14. The molecule has 0 saturated carbocycles. The number of anilines is 1. The highest BCUT2D eigenvalue weighted by Crippen LogP contribution is 2.27. The third-order valence-electron chi connectivity index (χ3n) is 3.87. The van der Waals surface area contributed by atoms with Gasteiger partial charge in [0.25, 0.3) is 11.5 Å². The number of hydrogen-bond donors (Lipinski definition) is 2. The van der Waals surface area contributed by atoms with Gasteiger partial charge in [-0.05, 0) is 30.7 Å². The molecule has 1 heterocycles. The van der Waals surface area contributed by atoms with Crippen molar-refractivity contribution in [2.24, 2.45) is 7.05 Å². The largest absolute Gasteiger partial charge is 0.494 e. The van der Waals surface area contributed by atoms with Crippen molar-refractivity contribution in [3.8, 4) is 5.88 Å². The number of pyridine rings is 1. The van der Waals surface area contributed by atoms with Gasteiger partial charge in [-0.3, -0.25) is 14.2 Å². The van der Waals surface area contributed by atoms with Crippen molar-refractivity contribution >= 4 is 34.0 Å². The summed E-state index contributed by atoms with van der Waals surface area (Å²) in [6, 6.07) is 11.9. The number of fused-ring (bicyclic) bond motifs is 1. The Bertz CT molecular complexity index is 1020. The Kier molecular flexibility index (Phi) is 4.03. The number of carbonyl (C=O) groups is 1. The lowest BCUT2D eigenvalue weighted by Gasteiger charge is -2.13. The maximum Gasteiger partial charge on any atom is 0.261 e. The Morgan fingerprint density at radius 3 is 2.50 bits per heavy atom. The molecule has 3 rings (SSSR count). The van der Waals surface area contributed by atoms with Crippen molar-refractivity contribution in [2.75, 3.05) is 5.32 Å². The highest BCUT2D eigenvalue weighted by molar-refractivity contribution is 6.34. The summed E-state index contributed by atoms with van der Waals surface area (Å²) in [7, 11) is 1.42. The van der Waals surface area contributed by atoms with Crippen LogP contribution in [0.3, 0.4) is 0 Å². The highest BCUT2D eigenvalue weighted by atomic mass is 35.5. The van der Waals surface area contributed by atoms with Gasteiger partial charge >= 0.3 is 0 Å². The van der Waals surface area contributed by atoms with Crippen LogP contribution in [0, 0.1) is 6.92 Å². The normalized spacial score (nSPS) is 10.8. The predicted octanol–water partition coefficient (Wildman–Crippen LogP) is 3.46. The number of carbonyl (C=O) groups excluding carboxylic acids is 1. The quantitative estimate of drug-likeness (QED) is 0.749. The number of hydrogen-bond acceptors (Lipinski definition) is 3. The Hall–Kier alpha value is -2.79. The summed E-state index contributed by atoms with van der Waals surface area (Å²) < 4.78 is 1.05. The SMILES string of the molecule is Cc1ccc(NC(=O)c2c(O)n(C)c(=O)c3ccccc23)c(Cl)c1. The Labute approximate surface area is 143 Å². The van der Waals surface area contributed by atoms with Crippen LogP contribution >= 0.6 is 11.6 Å². The molecule has 24 heavy (non-hydrogen) atoms. The van der Waals surface area contributed by atoms with Crippen LogP contribution in [0.15, 0.2) is 47.3 Å². The minimum atomic E-state index is -0.537. The molecule has 122 valence electrons. The summed E-state index contributed by atoms with van der Waals surface area (Å²) in [4.78, 5) is 24.9. The van der Waals surface area contributed by atoms with Gasteiger partial charge in [0, 0.05) is 17.8 Å². The second kappa shape index (κ2) is 6.02. The monoisotopic (exact) mass is 342 g/mol. The number of aromatic nitrogens is 1. The molecular weight excluding hydrogens is 328 g/mol. The first-order valence-corrected chi connectivity index (χ1v) is 7.66. The van der Waals surface area contributed by atoms with Crippen molar-refractivity contribution in [3.05, 3.63) is 69.0 Å². The molecule has 0 fully saturated rings. The van der Waals surface area contributed by atoms with Crippen molar-refractivity contribution in [1.82, 2.24) is 4.57 Å². The highest BCUT2D eigenvalue weighted by Gasteiger charge is 2.20. The molecule has 1 aromatic heterocycles. The summed E-state index contributed by atoms with van der Waals surface area (Å²) in [6.45, 7) is 1.89. The molecule has 1 amide bonds. The van der Waals surface area contributed by atoms with Gasteiger partial charge in [0.2, 0.25) is 5.88 Å². The van der Waals surface area contributed by atoms with Crippen molar-refractivity contribution in [3.63, 3.8) is 0 Å². The number of amides is 1. The summed E-state index contributed by atoms with van der Waals surface area (Å²) in [5.74, 6) is -0.926. The van der Waals surface area contributed by atoms with Gasteiger partial charge in [0.1, 0.15) is 5.56 Å². The lowest BCUT2D eigenvalue weighted by molar-refractivity contribution is 0.102. The topological polar surface area (TPSA) is 71.3 Å². The molecular formula is C18H15ClN2O3. The fraction of sp³-hybridized carbons (Fsp3) is 0.111. The lowest BCUT2D eigenvalue weighted by Crippen LogP contribution is -2.22. The molecule has 3 aromatic rings. The van der Waals surface area contributed by atoms with E-state index in [1.54, 1.807) is 36.4 Å². The maximum atomic E-state index is 12.7. The number of nitrogens with one attached hydrogen (secondary N) is 1. The van der Waals surface area contributed by atoms with Crippen LogP contribution in [0.2, 0.25) is 5.02 Å². The van der Waals surface area contributed by atoms with Gasteiger partial charge in [-0.2, -0.15) is 0 Å². The molecule has 2 aromatic carbocycles. The van der Waals surface area contributed by atoms with Crippen LogP contribution in [0.4, 0.5) is 5.69 Å². The first-order valence-electron chi connectivity index (χ1n) is 7.28. The molecule has 0 atom stereocenters. The van der Waals surface area contributed by atoms with Gasteiger partial charge < -0.3 is 10.4 Å². The summed E-state index contributed by atoms with van der Waals surface area (Å²) in [5.41, 5.74) is 1.07. The minimum absolute atomic E-state index is 0.0318. The van der Waals surface area contributed by atoms with E-state index in [-0.39, 0.29) is 17.0 Å². The van der Waals surface area contributed by atoms with Gasteiger partial charge in [0.05, 0.1) is 10.7 Å². The van der Waals surface area contributed by atoms with Gasteiger partial charge in [-0.25, -0.2) is 0 Å². The van der Waals surface area contributed by atoms with Crippen LogP contribution < -0.4 is 10.9 Å². The molecule has 0 saturated heterocycles. The van der Waals surface area contributed by atoms with Crippen LogP contribution in [0.25, 0.3) is 10.8 Å². The zero-order valence-electron chi connectivity index (χ0n) is 13.1. The van der Waals surface area contributed by atoms with E-state index in [0.717, 1.165) is 10.1 Å². The third-order valence-corrected chi connectivity index (χ3v) is 4.19. The molecule has 5 nitrogen and oxygen atoms in total. The number of nitrogens with zero attached hydrogens (tertiary/aromatic N) is 1. The van der Waals surface area contributed by atoms with E-state index in [9.17, 15) is 14.7 Å². The second-order valence-electron chi connectivity index (χ2n) is 5.55. The van der Waals surface area contributed by atoms with E-state index in [1.165, 1.54) is 7.05 Å². The molecule has 0 spiro atoms. The van der Waals surface area contributed by atoms with Crippen LogP contribution in [-0.2, 0) is 7.05 Å². The first kappa shape index (κ1) is 16.1. The van der Waals surface area contributed by atoms with Gasteiger partial charge in [0.15, 0.2) is 0 Å². The number of aromatic hydroxyl groups is 1. The lowest BCUT2D eigenvalue weighted by atomic mass is 10.1. The summed E-state index contributed by atoms with van der Waals surface area (Å²) in [5, 5.41) is 14.1. The van der Waals surface area contributed by atoms with E-state index in [0.29, 0.717) is 21.5 Å². The Balaban J connectivity index is 2.15. The standard InChI is InChI=1S/C18H15ClN2O3/c1-10-7-8-14(13(19)9-10)20-16(22)15-11-5-3-4-6-12(11)17(23)21(2)18(15)24/h3-9,24H,1-2H3,(H,20,22). The van der Waals surface area contributed by atoms with Crippen molar-refractivity contribution in [2.45, 2.75) is 6.92 Å². The Morgan fingerprint density at radius 1 is 1.17 bits per heavy atom. The molecule has 0 unspecified atom stereocenters. The summed E-state index contributed by atoms with van der Waals surface area (Å²) in [6.07, 6.45) is 0. The van der Waals surface area contributed by atoms with Crippen LogP contribution in [-0.4, -0.2) is 15.6 Å². The van der Waals surface area contributed by atoms with E-state index >= 15 is 0 Å². The van der Waals surface area contributed by atoms with Crippen molar-refractivity contribution in [1.29, 1.82) is 0 Å². The van der Waals surface area contributed by atoms with E-state index in [1.807, 2.05) is 13.0 Å². The van der Waals surface area contributed by atoms with Crippen LogP contribution in [0.5, 0.6) is 5.88 Å². The van der Waals surface area contributed by atoms with Gasteiger partial charge in [-0.15, -0.1) is 0 Å². The number of benzene rings is 2. The fourth-order valence-electron chi connectivity index (χ4n) is 2.58. The molecule has 0 aliphatic rings. The third kappa shape index (κ3) is 2.63. The average molecular weight is 343 g/mol. The van der Waals surface area contributed by atoms with E-state index in [4.69, 9.17) is 11.6 Å². The Morgan fingerprint density at radius 2 is 1.83 bits per heavy atom. The molecule has 0 aliphatic heterocycles. The second-order valence-corrected chi connectivity index (χ2v) is 5.95. The minimum Gasteiger partial charge on any atom is -0.494 e. The average Bonchev–Trinajstić information content (AvgIpc) is 2.55. The zero-order valence-corrected chi connectivity index (χ0v) is 13.9. The fourth-order valence-corrected chi connectivity index (χ4v) is 2.87. The maximum absolute atomic E-state index is 12.7. The predicted molar refractivity (Wildman–Crippen MR) is 95.0 cm³/mol. The number of aryl methyl sites for hydroxylation is 1. The van der Waals surface area contributed by atoms with Crippen LogP contribution in [0.1, 0.15) is 15.9 Å². The molecule has 0 radical (unpaired) electrons. The van der Waals surface area contributed by atoms with E-state index < -0.39 is 5.91 Å². The molecule has 0 bridgehead atoms. The first-order chi connectivity index (χ1) is 11.4. The molecule has 2 N–H and O–H groups in total. The number of halogens is 1. The van der Waals surface area contributed by atoms with E-state index in [2.05, 4.69) is 5.32 Å². The molecule has 6 heteroatoms. The van der Waals surface area contributed by atoms with Gasteiger partial charge in [-0.1, -0.05) is 35.9 Å². The smallest absolute Gasteiger partial charge is 0.261 e. The zero-order chi connectivity index (χ0) is 17.4. The van der Waals surface area contributed by atoms with Crippen molar-refractivity contribution < 1.29 is 9.90 Å². The molecule has 0 aliphatic carbocycles. The number of rotatable bonds is 2.